The quantitative estimate of drug-likeness (QED) is 0.720. The lowest BCUT2D eigenvalue weighted by atomic mass is 10.1. The Hall–Kier alpha value is -0.930. The lowest BCUT2D eigenvalue weighted by Gasteiger charge is -2.09. The van der Waals surface area contributed by atoms with E-state index in [0.29, 0.717) is 13.2 Å². The fraction of sp³-hybridized carbons (Fsp3) is 0.583. The molecule has 0 radical (unpaired) electrons. The first-order valence-electron chi connectivity index (χ1n) is 5.27. The molecule has 0 aliphatic rings. The maximum absolute atomic E-state index is 5.14. The summed E-state index contributed by atoms with van der Waals surface area (Å²) in [5.74, 6) is 0. The average molecular weight is 209 g/mol. The summed E-state index contributed by atoms with van der Waals surface area (Å²) in [6, 6.07) is 4.08. The Morgan fingerprint density at radius 1 is 1.13 bits per heavy atom. The van der Waals surface area contributed by atoms with Gasteiger partial charge in [-0.15, -0.1) is 0 Å². The molecule has 3 heteroatoms. The van der Waals surface area contributed by atoms with Crippen molar-refractivity contribution in [2.75, 3.05) is 14.2 Å². The number of aryl methyl sites for hydroxylation is 1. The second-order valence-electron chi connectivity index (χ2n) is 3.52. The summed E-state index contributed by atoms with van der Waals surface area (Å²) < 4.78 is 10.2. The van der Waals surface area contributed by atoms with E-state index in [2.05, 4.69) is 18.0 Å². The zero-order valence-corrected chi connectivity index (χ0v) is 9.75. The van der Waals surface area contributed by atoms with Crippen LogP contribution >= 0.6 is 0 Å². The SMILES string of the molecule is CCCc1nc(COC)ccc1COC. The molecule has 1 aromatic heterocycles. The Morgan fingerprint density at radius 3 is 2.47 bits per heavy atom. The number of rotatable bonds is 6. The van der Waals surface area contributed by atoms with Crippen LogP contribution in [0.4, 0.5) is 0 Å². The van der Waals surface area contributed by atoms with Gasteiger partial charge in [-0.1, -0.05) is 19.4 Å². The van der Waals surface area contributed by atoms with Crippen molar-refractivity contribution in [3.05, 3.63) is 29.1 Å². The third kappa shape index (κ3) is 3.61. The summed E-state index contributed by atoms with van der Waals surface area (Å²) in [5, 5.41) is 0. The highest BCUT2D eigenvalue weighted by Crippen LogP contribution is 2.12. The van der Waals surface area contributed by atoms with Crippen LogP contribution in [0.5, 0.6) is 0 Å². The van der Waals surface area contributed by atoms with E-state index < -0.39 is 0 Å². The minimum Gasteiger partial charge on any atom is -0.380 e. The van der Waals surface area contributed by atoms with Crippen LogP contribution in [0.15, 0.2) is 12.1 Å². The van der Waals surface area contributed by atoms with Gasteiger partial charge in [0.2, 0.25) is 0 Å². The van der Waals surface area contributed by atoms with Gasteiger partial charge < -0.3 is 9.47 Å². The van der Waals surface area contributed by atoms with Gasteiger partial charge in [0.15, 0.2) is 0 Å². The topological polar surface area (TPSA) is 31.4 Å². The fourth-order valence-corrected chi connectivity index (χ4v) is 1.54. The number of aromatic nitrogens is 1. The third-order valence-corrected chi connectivity index (χ3v) is 2.21. The molecule has 84 valence electrons. The Balaban J connectivity index is 2.87. The number of hydrogen-bond donors (Lipinski definition) is 0. The van der Waals surface area contributed by atoms with E-state index in [1.165, 1.54) is 5.56 Å². The number of ether oxygens (including phenoxy) is 2. The van der Waals surface area contributed by atoms with Gasteiger partial charge >= 0.3 is 0 Å². The standard InChI is InChI=1S/C12H19NO2/c1-4-5-12-10(8-14-2)6-7-11(13-12)9-15-3/h6-7H,4-5,8-9H2,1-3H3. The van der Waals surface area contributed by atoms with Gasteiger partial charge in [0.25, 0.3) is 0 Å². The predicted molar refractivity (Wildman–Crippen MR) is 59.7 cm³/mol. The molecule has 0 aliphatic carbocycles. The number of methoxy groups -OCH3 is 2. The van der Waals surface area contributed by atoms with Gasteiger partial charge in [-0.25, -0.2) is 0 Å². The van der Waals surface area contributed by atoms with E-state index in [1.807, 2.05) is 6.07 Å². The highest BCUT2D eigenvalue weighted by molar-refractivity contribution is 5.22. The van der Waals surface area contributed by atoms with E-state index in [0.717, 1.165) is 24.2 Å². The first kappa shape index (κ1) is 12.1. The zero-order chi connectivity index (χ0) is 11.1. The highest BCUT2D eigenvalue weighted by Gasteiger charge is 2.04. The molecule has 0 amide bonds. The Morgan fingerprint density at radius 2 is 1.87 bits per heavy atom. The van der Waals surface area contributed by atoms with Crippen molar-refractivity contribution in [3.63, 3.8) is 0 Å². The molecule has 0 atom stereocenters. The summed E-state index contributed by atoms with van der Waals surface area (Å²) in [6.45, 7) is 3.36. The molecule has 15 heavy (non-hydrogen) atoms. The Kier molecular flexibility index (Phi) is 5.29. The second kappa shape index (κ2) is 6.53. The van der Waals surface area contributed by atoms with Crippen LogP contribution in [0.25, 0.3) is 0 Å². The van der Waals surface area contributed by atoms with E-state index in [9.17, 15) is 0 Å². The lowest BCUT2D eigenvalue weighted by Crippen LogP contribution is -2.03. The van der Waals surface area contributed by atoms with Crippen molar-refractivity contribution >= 4 is 0 Å². The van der Waals surface area contributed by atoms with Gasteiger partial charge in [-0.2, -0.15) is 0 Å². The summed E-state index contributed by atoms with van der Waals surface area (Å²) in [7, 11) is 3.39. The van der Waals surface area contributed by atoms with Crippen LogP contribution in [-0.2, 0) is 29.1 Å². The molecule has 0 aromatic carbocycles. The first-order valence-corrected chi connectivity index (χ1v) is 5.27. The van der Waals surface area contributed by atoms with Crippen LogP contribution in [0, 0.1) is 0 Å². The van der Waals surface area contributed by atoms with Crippen molar-refractivity contribution in [2.24, 2.45) is 0 Å². The predicted octanol–water partition coefficient (Wildman–Crippen LogP) is 2.33. The average Bonchev–Trinajstić information content (AvgIpc) is 2.23. The summed E-state index contributed by atoms with van der Waals surface area (Å²) in [5.41, 5.74) is 3.30. The van der Waals surface area contributed by atoms with Crippen LogP contribution in [0.1, 0.15) is 30.3 Å². The molecule has 1 aromatic rings. The van der Waals surface area contributed by atoms with Gasteiger partial charge in [0.1, 0.15) is 0 Å². The van der Waals surface area contributed by atoms with E-state index >= 15 is 0 Å². The fourth-order valence-electron chi connectivity index (χ4n) is 1.54. The Bertz CT molecular complexity index is 300. The molecule has 0 aliphatic heterocycles. The van der Waals surface area contributed by atoms with Crippen molar-refractivity contribution in [3.8, 4) is 0 Å². The van der Waals surface area contributed by atoms with E-state index in [4.69, 9.17) is 9.47 Å². The highest BCUT2D eigenvalue weighted by atomic mass is 16.5. The molecule has 0 N–H and O–H groups in total. The zero-order valence-electron chi connectivity index (χ0n) is 9.75. The largest absolute Gasteiger partial charge is 0.380 e. The second-order valence-corrected chi connectivity index (χ2v) is 3.52. The maximum Gasteiger partial charge on any atom is 0.0884 e. The molecular formula is C12H19NO2. The summed E-state index contributed by atoms with van der Waals surface area (Å²) in [4.78, 5) is 4.57. The van der Waals surface area contributed by atoms with Crippen molar-refractivity contribution in [1.82, 2.24) is 4.98 Å². The molecule has 1 heterocycles. The molecular weight excluding hydrogens is 190 g/mol. The van der Waals surface area contributed by atoms with Crippen molar-refractivity contribution < 1.29 is 9.47 Å². The number of pyridine rings is 1. The van der Waals surface area contributed by atoms with Gasteiger partial charge in [-0.05, 0) is 18.1 Å². The van der Waals surface area contributed by atoms with E-state index in [-0.39, 0.29) is 0 Å². The number of hydrogen-bond acceptors (Lipinski definition) is 3. The van der Waals surface area contributed by atoms with Crippen molar-refractivity contribution in [2.45, 2.75) is 33.0 Å². The molecule has 3 nitrogen and oxygen atoms in total. The monoisotopic (exact) mass is 209 g/mol. The molecule has 0 spiro atoms. The minimum absolute atomic E-state index is 0.573. The van der Waals surface area contributed by atoms with Crippen LogP contribution in [0.3, 0.4) is 0 Å². The normalized spacial score (nSPS) is 10.6. The van der Waals surface area contributed by atoms with Crippen LogP contribution < -0.4 is 0 Å². The van der Waals surface area contributed by atoms with Crippen molar-refractivity contribution in [1.29, 1.82) is 0 Å². The smallest absolute Gasteiger partial charge is 0.0884 e. The summed E-state index contributed by atoms with van der Waals surface area (Å²) >= 11 is 0. The van der Waals surface area contributed by atoms with Gasteiger partial charge in [-0.3, -0.25) is 4.98 Å². The van der Waals surface area contributed by atoms with Gasteiger partial charge in [0, 0.05) is 19.9 Å². The first-order chi connectivity index (χ1) is 7.31. The van der Waals surface area contributed by atoms with Crippen LogP contribution in [0.2, 0.25) is 0 Å². The van der Waals surface area contributed by atoms with Gasteiger partial charge in [0.05, 0.1) is 18.9 Å². The third-order valence-electron chi connectivity index (χ3n) is 2.21. The lowest BCUT2D eigenvalue weighted by molar-refractivity contribution is 0.178. The Labute approximate surface area is 91.4 Å². The van der Waals surface area contributed by atoms with E-state index in [1.54, 1.807) is 14.2 Å². The molecule has 1 rings (SSSR count). The molecule has 0 saturated heterocycles. The molecule has 0 saturated carbocycles. The van der Waals surface area contributed by atoms with Crippen LogP contribution in [-0.4, -0.2) is 19.2 Å². The molecule has 0 fully saturated rings. The molecule has 0 unspecified atom stereocenters. The number of nitrogens with zero attached hydrogens (tertiary/aromatic N) is 1. The molecule has 0 bridgehead atoms. The summed E-state index contributed by atoms with van der Waals surface area (Å²) in [6.07, 6.45) is 2.09. The maximum atomic E-state index is 5.14. The minimum atomic E-state index is 0.573.